The van der Waals surface area contributed by atoms with Crippen molar-refractivity contribution in [3.8, 4) is 6.07 Å². The molecule has 1 rings (SSSR count). The van der Waals surface area contributed by atoms with Crippen LogP contribution in [0.2, 0.25) is 0 Å². The standard InChI is InChI=1S/C9H12N4O4/c1-9(5-14)3-7(13-17-9)11-8(15)6(4-10)12-16-2/h14H,3,5H2,1-2H3,(H,11,13,15)/b12-6+. The second-order valence-electron chi connectivity index (χ2n) is 3.60. The molecule has 8 nitrogen and oxygen atoms in total. The number of nitrogens with zero attached hydrogens (tertiary/aromatic N) is 3. The molecular formula is C9H12N4O4. The first-order valence-corrected chi connectivity index (χ1v) is 4.73. The molecule has 92 valence electrons. The molecule has 1 atom stereocenters. The van der Waals surface area contributed by atoms with Crippen LogP contribution < -0.4 is 5.32 Å². The van der Waals surface area contributed by atoms with E-state index < -0.39 is 17.2 Å². The Balaban J connectivity index is 2.61. The number of carbonyl (C=O) groups is 1. The minimum absolute atomic E-state index is 0.227. The van der Waals surface area contributed by atoms with Gasteiger partial charge in [-0.1, -0.05) is 10.3 Å². The van der Waals surface area contributed by atoms with Crippen LogP contribution in [-0.2, 0) is 14.5 Å². The first kappa shape index (κ1) is 12.9. The molecule has 17 heavy (non-hydrogen) atoms. The molecule has 0 bridgehead atoms. The molecule has 0 spiro atoms. The second-order valence-corrected chi connectivity index (χ2v) is 3.60. The third-order valence-electron chi connectivity index (χ3n) is 2.01. The molecule has 2 N–H and O–H groups in total. The molecule has 0 aromatic rings. The Morgan fingerprint density at radius 3 is 3.06 bits per heavy atom. The largest absolute Gasteiger partial charge is 0.398 e. The zero-order valence-electron chi connectivity index (χ0n) is 9.43. The molecule has 0 radical (unpaired) electrons. The molecule has 1 heterocycles. The number of nitrogens with one attached hydrogen (secondary N) is 1. The maximum atomic E-state index is 11.5. The molecule has 0 aromatic heterocycles. The molecule has 0 aromatic carbocycles. The summed E-state index contributed by atoms with van der Waals surface area (Å²) in [5.74, 6) is -0.510. The van der Waals surface area contributed by atoms with Crippen LogP contribution in [0.1, 0.15) is 13.3 Å². The van der Waals surface area contributed by atoms with Crippen molar-refractivity contribution in [1.29, 1.82) is 5.26 Å². The molecule has 8 heteroatoms. The van der Waals surface area contributed by atoms with E-state index in [2.05, 4.69) is 20.5 Å². The molecule has 1 aliphatic heterocycles. The number of amides is 1. The molecule has 0 saturated heterocycles. The van der Waals surface area contributed by atoms with Gasteiger partial charge in [-0.25, -0.2) is 0 Å². The summed E-state index contributed by atoms with van der Waals surface area (Å²) in [6.07, 6.45) is 0.237. The van der Waals surface area contributed by atoms with Gasteiger partial charge in [0.1, 0.15) is 13.2 Å². The van der Waals surface area contributed by atoms with Gasteiger partial charge in [-0.2, -0.15) is 5.26 Å². The number of hydrogen-bond acceptors (Lipinski definition) is 7. The summed E-state index contributed by atoms with van der Waals surface area (Å²) in [6.45, 7) is 1.41. The minimum Gasteiger partial charge on any atom is -0.398 e. The van der Waals surface area contributed by atoms with Crippen LogP contribution in [0, 0.1) is 11.3 Å². The van der Waals surface area contributed by atoms with Crippen LogP contribution in [0.15, 0.2) is 10.3 Å². The van der Waals surface area contributed by atoms with E-state index in [4.69, 9.17) is 15.2 Å². The van der Waals surface area contributed by atoms with Gasteiger partial charge in [0.05, 0.1) is 13.0 Å². The fourth-order valence-electron chi connectivity index (χ4n) is 1.13. The van der Waals surface area contributed by atoms with Gasteiger partial charge in [-0.15, -0.1) is 0 Å². The summed E-state index contributed by atoms with van der Waals surface area (Å²) in [5.41, 5.74) is -1.26. The normalized spacial score (nSPS) is 23.4. The Labute approximate surface area is 97.5 Å². The number of rotatable bonds is 3. The lowest BCUT2D eigenvalue weighted by molar-refractivity contribution is -0.113. The van der Waals surface area contributed by atoms with Crippen molar-refractivity contribution in [2.75, 3.05) is 13.7 Å². The van der Waals surface area contributed by atoms with E-state index in [1.54, 1.807) is 13.0 Å². The number of amidine groups is 1. The Hall–Kier alpha value is -2.14. The van der Waals surface area contributed by atoms with E-state index in [9.17, 15) is 4.79 Å². The highest BCUT2D eigenvalue weighted by Gasteiger charge is 2.34. The van der Waals surface area contributed by atoms with Crippen LogP contribution in [0.25, 0.3) is 0 Å². The predicted octanol–water partition coefficient (Wildman–Crippen LogP) is -0.887. The molecule has 0 aliphatic carbocycles. The van der Waals surface area contributed by atoms with E-state index in [1.165, 1.54) is 7.11 Å². The predicted molar refractivity (Wildman–Crippen MR) is 56.8 cm³/mol. The van der Waals surface area contributed by atoms with Gasteiger partial charge >= 0.3 is 0 Å². The van der Waals surface area contributed by atoms with Crippen molar-refractivity contribution in [2.45, 2.75) is 18.9 Å². The van der Waals surface area contributed by atoms with Crippen LogP contribution in [0.5, 0.6) is 0 Å². The third-order valence-corrected chi connectivity index (χ3v) is 2.01. The first-order chi connectivity index (χ1) is 8.04. The average Bonchev–Trinajstić information content (AvgIpc) is 2.68. The molecule has 0 fully saturated rings. The zero-order chi connectivity index (χ0) is 12.9. The van der Waals surface area contributed by atoms with Crippen molar-refractivity contribution in [3.05, 3.63) is 0 Å². The smallest absolute Gasteiger partial charge is 0.289 e. The number of aliphatic hydroxyl groups is 1. The number of hydrogen-bond donors (Lipinski definition) is 2. The maximum absolute atomic E-state index is 11.5. The second kappa shape index (κ2) is 5.27. The van der Waals surface area contributed by atoms with Gasteiger partial charge in [0.25, 0.3) is 5.91 Å². The summed E-state index contributed by atoms with van der Waals surface area (Å²) < 4.78 is 0. The van der Waals surface area contributed by atoms with Crippen molar-refractivity contribution in [3.63, 3.8) is 0 Å². The van der Waals surface area contributed by atoms with Crippen LogP contribution in [-0.4, -0.2) is 41.9 Å². The summed E-state index contributed by atoms with van der Waals surface area (Å²) in [6, 6.07) is 1.58. The zero-order valence-corrected chi connectivity index (χ0v) is 9.43. The lowest BCUT2D eigenvalue weighted by Crippen LogP contribution is -2.38. The number of aliphatic hydroxyl groups excluding tert-OH is 1. The van der Waals surface area contributed by atoms with E-state index in [-0.39, 0.29) is 18.9 Å². The van der Waals surface area contributed by atoms with Gasteiger partial charge in [0.15, 0.2) is 11.4 Å². The Morgan fingerprint density at radius 2 is 2.59 bits per heavy atom. The van der Waals surface area contributed by atoms with Crippen LogP contribution >= 0.6 is 0 Å². The highest BCUT2D eigenvalue weighted by Crippen LogP contribution is 2.21. The van der Waals surface area contributed by atoms with Gasteiger partial charge in [-0.05, 0) is 6.92 Å². The highest BCUT2D eigenvalue weighted by atomic mass is 16.7. The summed E-state index contributed by atoms with van der Waals surface area (Å²) >= 11 is 0. The van der Waals surface area contributed by atoms with Gasteiger partial charge in [-0.3, -0.25) is 4.79 Å². The quantitative estimate of drug-likeness (QED) is 0.490. The fourth-order valence-corrected chi connectivity index (χ4v) is 1.13. The molecule has 1 aliphatic rings. The number of nitriles is 1. The van der Waals surface area contributed by atoms with E-state index >= 15 is 0 Å². The molecule has 1 unspecified atom stereocenters. The SMILES string of the molecule is CO/N=C(\C#N)C(=O)NC1=NOC(C)(CO)C1. The Morgan fingerprint density at radius 1 is 1.88 bits per heavy atom. The average molecular weight is 240 g/mol. The number of carbonyl (C=O) groups excluding carboxylic acids is 1. The molecule has 1 amide bonds. The molecular weight excluding hydrogens is 228 g/mol. The van der Waals surface area contributed by atoms with Crippen molar-refractivity contribution < 1.29 is 19.6 Å². The van der Waals surface area contributed by atoms with E-state index in [1.807, 2.05) is 0 Å². The third kappa shape index (κ3) is 3.15. The Kier molecular flexibility index (Phi) is 4.01. The first-order valence-electron chi connectivity index (χ1n) is 4.73. The van der Waals surface area contributed by atoms with Crippen molar-refractivity contribution in [2.24, 2.45) is 10.3 Å². The lowest BCUT2D eigenvalue weighted by Gasteiger charge is -2.16. The van der Waals surface area contributed by atoms with Crippen molar-refractivity contribution >= 4 is 17.5 Å². The Bertz CT molecular complexity index is 412. The number of oxime groups is 2. The monoisotopic (exact) mass is 240 g/mol. The van der Waals surface area contributed by atoms with Crippen molar-refractivity contribution in [1.82, 2.24) is 5.32 Å². The summed E-state index contributed by atoms with van der Waals surface area (Å²) in [7, 11) is 1.23. The van der Waals surface area contributed by atoms with Crippen LogP contribution in [0.4, 0.5) is 0 Å². The van der Waals surface area contributed by atoms with E-state index in [0.717, 1.165) is 0 Å². The summed E-state index contributed by atoms with van der Waals surface area (Å²) in [4.78, 5) is 20.8. The highest BCUT2D eigenvalue weighted by molar-refractivity contribution is 6.47. The fraction of sp³-hybridized carbons (Fsp3) is 0.556. The van der Waals surface area contributed by atoms with Gasteiger partial charge in [0.2, 0.25) is 5.71 Å². The topological polar surface area (TPSA) is 116 Å². The van der Waals surface area contributed by atoms with Gasteiger partial charge in [0, 0.05) is 0 Å². The van der Waals surface area contributed by atoms with Gasteiger partial charge < -0.3 is 20.1 Å². The van der Waals surface area contributed by atoms with Crippen LogP contribution in [0.3, 0.4) is 0 Å². The minimum atomic E-state index is -0.839. The van der Waals surface area contributed by atoms with E-state index in [0.29, 0.717) is 0 Å². The lowest BCUT2D eigenvalue weighted by atomic mass is 10.0. The molecule has 0 saturated carbocycles. The maximum Gasteiger partial charge on any atom is 0.289 e. The summed E-state index contributed by atoms with van der Waals surface area (Å²) in [5, 5.41) is 26.8.